The monoisotopic (exact) mass is 1920 g/mol. The average Bonchev–Trinajstić information content (AvgIpc) is 1.61. The molecular formula is C103H136BrIN12O11. The molecule has 25 heteroatoms. The van der Waals surface area contributed by atoms with Gasteiger partial charge in [0.05, 0.1) is 32.9 Å². The largest absolute Gasteiger partial charge is 0.377 e. The Labute approximate surface area is 784 Å². The Morgan fingerprint density at radius 1 is 0.445 bits per heavy atom. The van der Waals surface area contributed by atoms with Gasteiger partial charge < -0.3 is 57.7 Å². The van der Waals surface area contributed by atoms with Crippen LogP contribution in [0.25, 0.3) is 33.4 Å². The molecule has 3 aliphatic heterocycles. The lowest BCUT2D eigenvalue weighted by atomic mass is 9.93. The number of hydrogen-bond acceptors (Lipinski definition) is 20. The minimum Gasteiger partial charge on any atom is -0.377 e. The summed E-state index contributed by atoms with van der Waals surface area (Å²) in [4.78, 5) is 62.1. The Balaban J connectivity index is 0.000000174. The zero-order chi connectivity index (χ0) is 90.0. The van der Waals surface area contributed by atoms with Gasteiger partial charge in [0.1, 0.15) is 64.9 Å². The van der Waals surface area contributed by atoms with Crippen molar-refractivity contribution in [3.8, 4) is 33.4 Å². The first kappa shape index (κ1) is 99.4. The molecule has 688 valence electrons. The maximum atomic E-state index is 13.8. The van der Waals surface area contributed by atoms with Crippen molar-refractivity contribution in [2.75, 3.05) is 62.6 Å². The lowest BCUT2D eigenvalue weighted by molar-refractivity contribution is -0.132. The van der Waals surface area contributed by atoms with Crippen molar-refractivity contribution in [1.29, 1.82) is 0 Å². The van der Waals surface area contributed by atoms with E-state index in [0.717, 1.165) is 259 Å². The SMILES string of the molecule is CCCCC1=NC2(CCCC2)C(=O)N1.CCCCC1=NC2(CCCC2)C(=O)N1Cc1ccc(-c2ccccc2CN(COC)c2noc(C)c2C)c(COCC)c1.CCCCC1=NC2(CCCC2)C(=O)N1Cc1ccc(-c2ccccc2CNc2noc(C)c2C)c(COCC)c1.CCOCc1cc(CBr)ccc1-c1ccccc1CN(COC)c1noc(C)c1C.I. The fourth-order valence-corrected chi connectivity index (χ4v) is 18.5. The Bertz CT molecular complexity index is 5250. The number of rotatable bonds is 39. The van der Waals surface area contributed by atoms with Crippen LogP contribution in [0, 0.1) is 41.5 Å². The van der Waals surface area contributed by atoms with Crippen molar-refractivity contribution in [1.82, 2.24) is 30.6 Å². The zero-order valence-electron chi connectivity index (χ0n) is 78.1. The molecule has 9 aromatic rings. The third kappa shape index (κ3) is 24.1. The quantitative estimate of drug-likeness (QED) is 0.0206. The van der Waals surface area contributed by atoms with E-state index in [1.54, 1.807) is 14.2 Å². The van der Waals surface area contributed by atoms with Gasteiger partial charge in [-0.2, -0.15) is 0 Å². The van der Waals surface area contributed by atoms with E-state index in [1.165, 1.54) is 33.4 Å². The van der Waals surface area contributed by atoms with Crippen LogP contribution in [0.5, 0.6) is 0 Å². The van der Waals surface area contributed by atoms with Gasteiger partial charge in [-0.3, -0.25) is 39.2 Å². The molecule has 0 saturated heterocycles. The number of aromatic nitrogens is 3. The number of nitrogens with zero attached hydrogens (tertiary/aromatic N) is 10. The van der Waals surface area contributed by atoms with Gasteiger partial charge in [0, 0.05) is 95.0 Å². The molecule has 0 atom stereocenters. The lowest BCUT2D eigenvalue weighted by Crippen LogP contribution is -2.40. The number of aryl methyl sites for hydroxylation is 3. The van der Waals surface area contributed by atoms with E-state index in [4.69, 9.17) is 47.2 Å². The van der Waals surface area contributed by atoms with Crippen molar-refractivity contribution in [3.05, 3.63) is 211 Å². The highest BCUT2D eigenvalue weighted by Crippen LogP contribution is 2.44. The number of methoxy groups -OCH3 is 2. The smallest absolute Gasteiger partial charge is 0.256 e. The van der Waals surface area contributed by atoms with Gasteiger partial charge in [-0.25, -0.2) is 0 Å². The Hall–Kier alpha value is -9.22. The third-order valence-corrected chi connectivity index (χ3v) is 26.3. The summed E-state index contributed by atoms with van der Waals surface area (Å²) in [5.41, 5.74) is 19.0. The first-order valence-electron chi connectivity index (χ1n) is 46.3. The van der Waals surface area contributed by atoms with Gasteiger partial charge in [0.2, 0.25) is 0 Å². The molecule has 3 amide bonds. The van der Waals surface area contributed by atoms with Gasteiger partial charge in [0.25, 0.3) is 17.7 Å². The molecule has 2 N–H and O–H groups in total. The summed E-state index contributed by atoms with van der Waals surface area (Å²) in [5.74, 6) is 8.22. The number of amides is 3. The van der Waals surface area contributed by atoms with Gasteiger partial charge in [0.15, 0.2) is 17.5 Å². The molecule has 6 aliphatic rings. The highest BCUT2D eigenvalue weighted by Gasteiger charge is 2.51. The molecule has 0 bridgehead atoms. The number of hydrogen-bond donors (Lipinski definition) is 2. The Morgan fingerprint density at radius 3 is 1.20 bits per heavy atom. The van der Waals surface area contributed by atoms with Gasteiger partial charge in [-0.05, 0) is 204 Å². The third-order valence-electron chi connectivity index (χ3n) is 25.6. The number of carbonyl (C=O) groups is 3. The summed E-state index contributed by atoms with van der Waals surface area (Å²) in [7, 11) is 3.39. The van der Waals surface area contributed by atoms with Crippen molar-refractivity contribution in [3.63, 3.8) is 0 Å². The lowest BCUT2D eigenvalue weighted by Gasteiger charge is -2.25. The van der Waals surface area contributed by atoms with Crippen LogP contribution in [0.4, 0.5) is 17.5 Å². The standard InChI is InChI=1S/C35H46N4O4.C33H42N4O3.C24H29BrN2O3.C11H18N2O.HI/c1-6-8-15-32-36-35(18-11-12-19-35)34(40)39(32)21-27-16-17-31(29(20-27)23-42-7-2)30-14-10-9-13-28(30)22-38(24-41-5)33-25(3)26(4)43-37-33;1-5-7-14-30-35-33(17-10-11-18-33)32(38)37(30)21-25-15-16-29(27(19-25)22-39-6-2)28-13-9-8-12-26(28)20-34-31-23(3)24(4)40-36-31;1-5-29-15-21-12-19(13-25)10-11-23(21)22-9-7-6-8-20(22)14-27(16-28-4)24-17(2)18(3)30-26-24;1-2-3-6-9-12-10(14)11(13-9)7-4-5-8-11;/h9-10,13-14,16-17,20H,6-8,11-12,15,18-19,21-24H2,1-5H3;8-9,12-13,15-16,19H,5-7,10-11,14,17-18,20-22H2,1-4H3,(H,34,36);6-12H,5,13-16H2,1-4H3;2-8H2,1H3,(H,12,13,14);1H. The highest BCUT2D eigenvalue weighted by atomic mass is 127. The van der Waals surface area contributed by atoms with E-state index < -0.39 is 11.1 Å². The van der Waals surface area contributed by atoms with Crippen LogP contribution in [-0.2, 0) is 95.9 Å². The second-order valence-corrected chi connectivity index (χ2v) is 35.1. The molecule has 0 radical (unpaired) electrons. The van der Waals surface area contributed by atoms with Crippen LogP contribution in [0.15, 0.2) is 156 Å². The molecule has 3 fully saturated rings. The second kappa shape index (κ2) is 48.1. The Morgan fingerprint density at radius 2 is 0.812 bits per heavy atom. The second-order valence-electron chi connectivity index (χ2n) is 34.5. The first-order valence-corrected chi connectivity index (χ1v) is 47.4. The number of unbranched alkanes of at least 4 members (excludes halogenated alkanes) is 3. The van der Waals surface area contributed by atoms with Crippen molar-refractivity contribution < 1.29 is 51.6 Å². The number of benzene rings is 6. The topological polar surface area (TPSA) is 250 Å². The maximum absolute atomic E-state index is 13.8. The number of carbonyl (C=O) groups excluding carboxylic acids is 3. The van der Waals surface area contributed by atoms with Crippen LogP contribution in [0.1, 0.15) is 260 Å². The summed E-state index contributed by atoms with van der Waals surface area (Å²) < 4.78 is 44.9. The average molecular weight is 1930 g/mol. The molecular weight excluding hydrogens is 1790 g/mol. The molecule has 6 heterocycles. The van der Waals surface area contributed by atoms with E-state index in [9.17, 15) is 14.4 Å². The number of amidine groups is 3. The minimum atomic E-state index is -0.523. The molecule has 3 aliphatic carbocycles. The Kier molecular flexibility index (Phi) is 37.3. The molecule has 128 heavy (non-hydrogen) atoms. The summed E-state index contributed by atoms with van der Waals surface area (Å²) in [6, 6.07) is 45.0. The number of nitrogens with one attached hydrogen (secondary N) is 2. The van der Waals surface area contributed by atoms with Crippen LogP contribution >= 0.6 is 39.9 Å². The number of ether oxygens (including phenoxy) is 5. The van der Waals surface area contributed by atoms with Crippen LogP contribution < -0.4 is 20.4 Å². The highest BCUT2D eigenvalue weighted by molar-refractivity contribution is 14.0. The van der Waals surface area contributed by atoms with Crippen molar-refractivity contribution in [2.24, 2.45) is 15.0 Å². The molecule has 3 saturated carbocycles. The molecule has 0 unspecified atom stereocenters. The zero-order valence-corrected chi connectivity index (χ0v) is 82.0. The van der Waals surface area contributed by atoms with Crippen molar-refractivity contribution in [2.45, 2.75) is 292 Å². The molecule has 6 aromatic carbocycles. The molecule has 3 aromatic heterocycles. The van der Waals surface area contributed by atoms with Gasteiger partial charge in [-0.15, -0.1) is 24.0 Å². The van der Waals surface area contributed by atoms with E-state index in [1.807, 2.05) is 72.1 Å². The van der Waals surface area contributed by atoms with Crippen LogP contribution in [-0.4, -0.2) is 125 Å². The van der Waals surface area contributed by atoms with Crippen molar-refractivity contribution >= 4 is 92.6 Å². The predicted molar refractivity (Wildman–Crippen MR) is 525 cm³/mol. The summed E-state index contributed by atoms with van der Waals surface area (Å²) in [6.07, 6.45) is 21.2. The summed E-state index contributed by atoms with van der Waals surface area (Å²) in [5, 5.41) is 19.9. The summed E-state index contributed by atoms with van der Waals surface area (Å²) in [6.45, 7) is 31.7. The van der Waals surface area contributed by atoms with E-state index in [0.29, 0.717) is 85.8 Å². The van der Waals surface area contributed by atoms with E-state index in [2.05, 4.69) is 205 Å². The normalized spacial score (nSPS) is 15.7. The number of anilines is 3. The van der Waals surface area contributed by atoms with E-state index >= 15 is 0 Å². The fraction of sp³-hybridized carbons (Fsp3) is 0.505. The molecule has 23 nitrogen and oxygen atoms in total. The summed E-state index contributed by atoms with van der Waals surface area (Å²) >= 11 is 3.56. The van der Waals surface area contributed by atoms with Gasteiger partial charge >= 0.3 is 0 Å². The number of alkyl halides is 1. The molecule has 15 rings (SSSR count). The van der Waals surface area contributed by atoms with Crippen LogP contribution in [0.2, 0.25) is 0 Å². The van der Waals surface area contributed by atoms with Gasteiger partial charge in [-0.1, -0.05) is 237 Å². The van der Waals surface area contributed by atoms with E-state index in [-0.39, 0.29) is 47.2 Å². The maximum Gasteiger partial charge on any atom is 0.256 e. The number of halogens is 2. The predicted octanol–water partition coefficient (Wildman–Crippen LogP) is 23.3. The first-order chi connectivity index (χ1) is 61.7. The minimum absolute atomic E-state index is 0. The number of aliphatic imine (C=N–C) groups is 3. The van der Waals surface area contributed by atoms with Crippen LogP contribution in [0.3, 0.4) is 0 Å². The molecule has 3 spiro atoms. The fourth-order valence-electron chi connectivity index (χ4n) is 18.1.